The molecule has 0 N–H and O–H groups in total. The highest BCUT2D eigenvalue weighted by atomic mass is 35.5. The summed E-state index contributed by atoms with van der Waals surface area (Å²) in [5.41, 5.74) is 5.45. The lowest BCUT2D eigenvalue weighted by molar-refractivity contribution is -0.114. The van der Waals surface area contributed by atoms with Crippen LogP contribution in [0.1, 0.15) is 42.4 Å². The molecule has 0 bridgehead atoms. The molecule has 9 heteroatoms. The second kappa shape index (κ2) is 10.4. The fourth-order valence-electron chi connectivity index (χ4n) is 5.17. The number of methoxy groups -OCH3 is 2. The predicted octanol–water partition coefficient (Wildman–Crippen LogP) is 4.90. The van der Waals surface area contributed by atoms with Crippen molar-refractivity contribution in [1.29, 1.82) is 0 Å². The van der Waals surface area contributed by atoms with Gasteiger partial charge in [0.05, 0.1) is 24.8 Å². The molecule has 200 valence electrons. The Balaban J connectivity index is 1.71. The van der Waals surface area contributed by atoms with Crippen molar-refractivity contribution >= 4 is 34.8 Å². The van der Waals surface area contributed by atoms with Crippen molar-refractivity contribution in [3.63, 3.8) is 0 Å². The summed E-state index contributed by atoms with van der Waals surface area (Å²) >= 11 is 7.40. The van der Waals surface area contributed by atoms with Crippen molar-refractivity contribution in [2.24, 2.45) is 4.99 Å². The lowest BCUT2D eigenvalue weighted by Crippen LogP contribution is -2.39. The molecule has 0 radical (unpaired) electrons. The van der Waals surface area contributed by atoms with Crippen LogP contribution in [0.2, 0.25) is 5.02 Å². The standard InChI is InChI=1S/C30H28ClN3O4S/c1-16-13-20(18(3)33(16)22-9-7-21(31)8-10-22)14-26-29(36)34-28(24-12-11-23(37-5)15-25(24)38-6)27(19(4)35)17(2)32-30(34)39-26/h7-15,28H,1-6H3/b26-14-/t28-/m0/s1. The van der Waals surface area contributed by atoms with E-state index in [-0.39, 0.29) is 11.3 Å². The minimum absolute atomic E-state index is 0.153. The molecule has 1 aliphatic heterocycles. The molecule has 0 saturated carbocycles. The summed E-state index contributed by atoms with van der Waals surface area (Å²) in [4.78, 5) is 32.0. The third kappa shape index (κ3) is 4.64. The van der Waals surface area contributed by atoms with Crippen LogP contribution in [0.5, 0.6) is 11.5 Å². The van der Waals surface area contributed by atoms with Crippen molar-refractivity contribution in [2.75, 3.05) is 14.2 Å². The highest BCUT2D eigenvalue weighted by molar-refractivity contribution is 7.07. The van der Waals surface area contributed by atoms with E-state index in [9.17, 15) is 9.59 Å². The molecule has 0 spiro atoms. The molecule has 39 heavy (non-hydrogen) atoms. The molecule has 1 atom stereocenters. The van der Waals surface area contributed by atoms with Crippen LogP contribution in [0, 0.1) is 13.8 Å². The molecule has 4 aromatic rings. The molecular weight excluding hydrogens is 534 g/mol. The van der Waals surface area contributed by atoms with Gasteiger partial charge in [0.15, 0.2) is 10.6 Å². The summed E-state index contributed by atoms with van der Waals surface area (Å²) in [6.45, 7) is 7.35. The smallest absolute Gasteiger partial charge is 0.271 e. The Morgan fingerprint density at radius 3 is 2.41 bits per heavy atom. The largest absolute Gasteiger partial charge is 0.497 e. The molecule has 1 aliphatic rings. The lowest BCUT2D eigenvalue weighted by atomic mass is 9.92. The Bertz CT molecular complexity index is 1830. The Morgan fingerprint density at radius 1 is 1.05 bits per heavy atom. The Hall–Kier alpha value is -3.88. The van der Waals surface area contributed by atoms with Crippen LogP contribution in [-0.2, 0) is 4.79 Å². The molecule has 5 rings (SSSR count). The zero-order valence-electron chi connectivity index (χ0n) is 22.5. The van der Waals surface area contributed by atoms with Gasteiger partial charge in [-0.15, -0.1) is 0 Å². The Morgan fingerprint density at radius 2 is 1.77 bits per heavy atom. The van der Waals surface area contributed by atoms with Crippen molar-refractivity contribution in [3.05, 3.63) is 107 Å². The number of ketones is 1. The van der Waals surface area contributed by atoms with Gasteiger partial charge in [0.2, 0.25) is 0 Å². The monoisotopic (exact) mass is 561 g/mol. The Labute approximate surface area is 234 Å². The molecule has 2 aromatic heterocycles. The first-order chi connectivity index (χ1) is 18.6. The molecule has 0 aliphatic carbocycles. The third-order valence-corrected chi connectivity index (χ3v) is 8.21. The van der Waals surface area contributed by atoms with Gasteiger partial charge < -0.3 is 14.0 Å². The van der Waals surface area contributed by atoms with Crippen molar-refractivity contribution in [2.45, 2.75) is 33.7 Å². The van der Waals surface area contributed by atoms with E-state index in [2.05, 4.69) is 15.6 Å². The predicted molar refractivity (Wildman–Crippen MR) is 154 cm³/mol. The number of fused-ring (bicyclic) bond motifs is 1. The van der Waals surface area contributed by atoms with Crippen LogP contribution in [0.4, 0.5) is 0 Å². The molecule has 7 nitrogen and oxygen atoms in total. The number of Topliss-reactive ketones (excluding diaryl/α,β-unsaturated/α-hetero) is 1. The SMILES string of the molecule is COc1ccc([C@H]2C(C(C)=O)=C(C)N=c3s/c(=C\c4cc(C)n(-c5ccc(Cl)cc5)c4C)c(=O)n32)c(OC)c1. The minimum Gasteiger partial charge on any atom is -0.497 e. The van der Waals surface area contributed by atoms with Crippen LogP contribution in [0.15, 0.2) is 69.6 Å². The van der Waals surface area contributed by atoms with Gasteiger partial charge in [0, 0.05) is 45.0 Å². The molecule has 2 aromatic carbocycles. The van der Waals surface area contributed by atoms with E-state index in [4.69, 9.17) is 21.1 Å². The summed E-state index contributed by atoms with van der Waals surface area (Å²) in [6.07, 6.45) is 1.90. The fourth-order valence-corrected chi connectivity index (χ4v) is 6.34. The average molecular weight is 562 g/mol. The number of nitrogens with zero attached hydrogens (tertiary/aromatic N) is 3. The second-order valence-electron chi connectivity index (χ2n) is 9.38. The number of allylic oxidation sites excluding steroid dienone is 2. The zero-order valence-corrected chi connectivity index (χ0v) is 24.1. The summed E-state index contributed by atoms with van der Waals surface area (Å²) in [5.74, 6) is 0.984. The number of hydrogen-bond donors (Lipinski definition) is 0. The summed E-state index contributed by atoms with van der Waals surface area (Å²) in [6, 6.07) is 14.4. The maximum Gasteiger partial charge on any atom is 0.271 e. The van der Waals surface area contributed by atoms with Crippen LogP contribution >= 0.6 is 22.9 Å². The molecular formula is C30H28ClN3O4S. The normalized spacial score (nSPS) is 15.3. The average Bonchev–Trinajstić information content (AvgIpc) is 3.37. The topological polar surface area (TPSA) is 74.8 Å². The van der Waals surface area contributed by atoms with Crippen LogP contribution < -0.4 is 24.4 Å². The van der Waals surface area contributed by atoms with Gasteiger partial charge in [-0.1, -0.05) is 22.9 Å². The first-order valence-electron chi connectivity index (χ1n) is 12.3. The van der Waals surface area contributed by atoms with Crippen molar-refractivity contribution in [3.8, 4) is 17.2 Å². The van der Waals surface area contributed by atoms with E-state index in [0.717, 1.165) is 22.6 Å². The van der Waals surface area contributed by atoms with Gasteiger partial charge in [-0.25, -0.2) is 4.99 Å². The van der Waals surface area contributed by atoms with Crippen molar-refractivity contribution in [1.82, 2.24) is 9.13 Å². The lowest BCUT2D eigenvalue weighted by Gasteiger charge is -2.26. The Kier molecular flexibility index (Phi) is 7.09. The minimum atomic E-state index is -0.678. The van der Waals surface area contributed by atoms with Crippen molar-refractivity contribution < 1.29 is 14.3 Å². The number of rotatable bonds is 6. The molecule has 3 heterocycles. The highest BCUT2D eigenvalue weighted by Gasteiger charge is 2.32. The van der Waals surface area contributed by atoms with Gasteiger partial charge in [0.25, 0.3) is 5.56 Å². The van der Waals surface area contributed by atoms with Crippen LogP contribution in [0.3, 0.4) is 0 Å². The first-order valence-corrected chi connectivity index (χ1v) is 13.5. The first kappa shape index (κ1) is 26.7. The summed E-state index contributed by atoms with van der Waals surface area (Å²) in [5, 5.41) is 0.672. The number of ether oxygens (including phenoxy) is 2. The van der Waals surface area contributed by atoms with E-state index >= 15 is 0 Å². The maximum atomic E-state index is 14.0. The van der Waals surface area contributed by atoms with E-state index in [1.54, 1.807) is 37.8 Å². The van der Waals surface area contributed by atoms with Gasteiger partial charge >= 0.3 is 0 Å². The molecule has 0 saturated heterocycles. The van der Waals surface area contributed by atoms with Gasteiger partial charge in [-0.2, -0.15) is 0 Å². The highest BCUT2D eigenvalue weighted by Crippen LogP contribution is 2.37. The van der Waals surface area contributed by atoms with Crippen LogP contribution in [0.25, 0.3) is 11.8 Å². The van der Waals surface area contributed by atoms with Gasteiger partial charge in [-0.3, -0.25) is 14.2 Å². The fraction of sp³-hybridized carbons (Fsp3) is 0.233. The number of aromatic nitrogens is 2. The van der Waals surface area contributed by atoms with E-state index < -0.39 is 6.04 Å². The van der Waals surface area contributed by atoms with Gasteiger partial charge in [-0.05, 0) is 81.8 Å². The van der Waals surface area contributed by atoms with Gasteiger partial charge in [0.1, 0.15) is 11.5 Å². The van der Waals surface area contributed by atoms with Crippen LogP contribution in [-0.4, -0.2) is 29.1 Å². The number of benzene rings is 2. The third-order valence-electron chi connectivity index (χ3n) is 6.98. The molecule has 0 fully saturated rings. The second-order valence-corrected chi connectivity index (χ2v) is 10.8. The zero-order chi connectivity index (χ0) is 28.0. The van der Waals surface area contributed by atoms with E-state index in [0.29, 0.717) is 42.7 Å². The number of carbonyl (C=O) groups is 1. The number of hydrogen-bond acceptors (Lipinski definition) is 6. The maximum absolute atomic E-state index is 14.0. The quantitative estimate of drug-likeness (QED) is 0.335. The number of aryl methyl sites for hydroxylation is 1. The number of halogens is 1. The van der Waals surface area contributed by atoms with E-state index in [1.807, 2.05) is 50.3 Å². The van der Waals surface area contributed by atoms with E-state index in [1.165, 1.54) is 18.3 Å². The number of carbonyl (C=O) groups excluding carboxylic acids is 1. The summed E-state index contributed by atoms with van der Waals surface area (Å²) in [7, 11) is 3.13. The number of thiazole rings is 1. The molecule has 0 amide bonds. The molecule has 0 unspecified atom stereocenters. The summed E-state index contributed by atoms with van der Waals surface area (Å²) < 4.78 is 15.3.